The first-order valence-corrected chi connectivity index (χ1v) is 9.22. The van der Waals surface area contributed by atoms with E-state index in [1.54, 1.807) is 16.8 Å². The normalized spacial score (nSPS) is 22.5. The van der Waals surface area contributed by atoms with Crippen LogP contribution in [0.5, 0.6) is 0 Å². The van der Waals surface area contributed by atoms with Crippen LogP contribution in [-0.4, -0.2) is 22.6 Å². The van der Waals surface area contributed by atoms with Crippen LogP contribution in [0.25, 0.3) is 10.2 Å². The number of aryl methyl sites for hydroxylation is 2. The van der Waals surface area contributed by atoms with Gasteiger partial charge < -0.3 is 4.90 Å². The van der Waals surface area contributed by atoms with Gasteiger partial charge >= 0.3 is 0 Å². The molecule has 21 heavy (non-hydrogen) atoms. The monoisotopic (exact) mass is 301 g/mol. The predicted molar refractivity (Wildman–Crippen MR) is 89.3 cm³/mol. The SMILES string of the molecule is CCC1CCCCN1c1ncnc2sc3c(c12)CCCC3. The van der Waals surface area contributed by atoms with E-state index in [9.17, 15) is 0 Å². The number of rotatable bonds is 2. The summed E-state index contributed by atoms with van der Waals surface area (Å²) in [6.07, 6.45) is 12.1. The number of anilines is 1. The van der Waals surface area contributed by atoms with Crippen molar-refractivity contribution in [1.82, 2.24) is 9.97 Å². The summed E-state index contributed by atoms with van der Waals surface area (Å²) in [6, 6.07) is 0.663. The van der Waals surface area contributed by atoms with Crippen LogP contribution >= 0.6 is 11.3 Å². The van der Waals surface area contributed by atoms with Gasteiger partial charge in [-0.1, -0.05) is 6.92 Å². The Hall–Kier alpha value is -1.16. The van der Waals surface area contributed by atoms with E-state index in [0.717, 1.165) is 6.54 Å². The van der Waals surface area contributed by atoms with E-state index in [1.807, 2.05) is 11.3 Å². The Morgan fingerprint density at radius 3 is 3.00 bits per heavy atom. The Morgan fingerprint density at radius 2 is 2.10 bits per heavy atom. The quantitative estimate of drug-likeness (QED) is 0.826. The van der Waals surface area contributed by atoms with Crippen molar-refractivity contribution < 1.29 is 0 Å². The molecule has 2 aromatic heterocycles. The van der Waals surface area contributed by atoms with Gasteiger partial charge in [-0.15, -0.1) is 11.3 Å². The van der Waals surface area contributed by atoms with Gasteiger partial charge in [0.2, 0.25) is 0 Å². The molecule has 1 saturated heterocycles. The number of aromatic nitrogens is 2. The van der Waals surface area contributed by atoms with Crippen molar-refractivity contribution in [2.75, 3.05) is 11.4 Å². The lowest BCUT2D eigenvalue weighted by molar-refractivity contribution is 0.447. The lowest BCUT2D eigenvalue weighted by atomic mass is 9.95. The fourth-order valence-electron chi connectivity index (χ4n) is 4.00. The molecule has 1 fully saturated rings. The van der Waals surface area contributed by atoms with Gasteiger partial charge in [-0.25, -0.2) is 9.97 Å². The minimum atomic E-state index is 0.663. The third-order valence-electron chi connectivity index (χ3n) is 5.10. The van der Waals surface area contributed by atoms with E-state index in [-0.39, 0.29) is 0 Å². The van der Waals surface area contributed by atoms with Crippen molar-refractivity contribution in [1.29, 1.82) is 0 Å². The molecule has 0 N–H and O–H groups in total. The highest BCUT2D eigenvalue weighted by atomic mass is 32.1. The molecule has 4 heteroatoms. The van der Waals surface area contributed by atoms with Crippen LogP contribution in [0.3, 0.4) is 0 Å². The van der Waals surface area contributed by atoms with Crippen LogP contribution in [0.15, 0.2) is 6.33 Å². The highest BCUT2D eigenvalue weighted by molar-refractivity contribution is 7.19. The summed E-state index contributed by atoms with van der Waals surface area (Å²) in [4.78, 5) is 14.7. The van der Waals surface area contributed by atoms with Gasteiger partial charge in [0.1, 0.15) is 17.0 Å². The summed E-state index contributed by atoms with van der Waals surface area (Å²) in [5.74, 6) is 1.23. The molecule has 0 saturated carbocycles. The molecule has 0 aromatic carbocycles. The average molecular weight is 301 g/mol. The van der Waals surface area contributed by atoms with Crippen LogP contribution in [0, 0.1) is 0 Å². The summed E-state index contributed by atoms with van der Waals surface area (Å²) in [6.45, 7) is 3.47. The highest BCUT2D eigenvalue weighted by Gasteiger charge is 2.27. The van der Waals surface area contributed by atoms with Gasteiger partial charge in [0, 0.05) is 17.5 Å². The first kappa shape index (κ1) is 13.5. The van der Waals surface area contributed by atoms with Crippen LogP contribution in [0.2, 0.25) is 0 Å². The molecule has 3 nitrogen and oxygen atoms in total. The van der Waals surface area contributed by atoms with Crippen LogP contribution in [0.1, 0.15) is 55.9 Å². The molecule has 0 amide bonds. The van der Waals surface area contributed by atoms with E-state index in [0.29, 0.717) is 6.04 Å². The van der Waals surface area contributed by atoms with E-state index in [4.69, 9.17) is 4.98 Å². The van der Waals surface area contributed by atoms with E-state index in [2.05, 4.69) is 16.8 Å². The topological polar surface area (TPSA) is 29.0 Å². The van der Waals surface area contributed by atoms with Crippen LogP contribution in [0.4, 0.5) is 5.82 Å². The standard InChI is InChI=1S/C17H23N3S/c1-2-12-7-5-6-10-20(12)16-15-13-8-3-4-9-14(13)21-17(15)19-11-18-16/h11-12H,2-10H2,1H3. The Kier molecular flexibility index (Phi) is 3.57. The Bertz CT molecular complexity index is 649. The molecular weight excluding hydrogens is 278 g/mol. The van der Waals surface area contributed by atoms with Crippen molar-refractivity contribution >= 4 is 27.4 Å². The second-order valence-electron chi connectivity index (χ2n) is 6.34. The second-order valence-corrected chi connectivity index (χ2v) is 7.42. The number of piperidine rings is 1. The Labute approximate surface area is 130 Å². The summed E-state index contributed by atoms with van der Waals surface area (Å²) < 4.78 is 0. The molecular formula is C17H23N3S. The fourth-order valence-corrected chi connectivity index (χ4v) is 5.22. The predicted octanol–water partition coefficient (Wildman–Crippen LogP) is 4.34. The number of fused-ring (bicyclic) bond motifs is 3. The first-order chi connectivity index (χ1) is 10.4. The molecule has 1 unspecified atom stereocenters. The van der Waals surface area contributed by atoms with Gasteiger partial charge in [-0.2, -0.15) is 0 Å². The summed E-state index contributed by atoms with van der Waals surface area (Å²) in [5.41, 5.74) is 1.57. The molecule has 0 spiro atoms. The molecule has 3 heterocycles. The van der Waals surface area contributed by atoms with Crippen molar-refractivity contribution in [3.05, 3.63) is 16.8 Å². The average Bonchev–Trinajstić information content (AvgIpc) is 2.93. The van der Waals surface area contributed by atoms with E-state index < -0.39 is 0 Å². The first-order valence-electron chi connectivity index (χ1n) is 8.40. The van der Waals surface area contributed by atoms with Crippen LogP contribution < -0.4 is 4.90 Å². The van der Waals surface area contributed by atoms with Crippen molar-refractivity contribution in [3.63, 3.8) is 0 Å². The number of nitrogens with zero attached hydrogens (tertiary/aromatic N) is 3. The molecule has 0 bridgehead atoms. The fraction of sp³-hybridized carbons (Fsp3) is 0.647. The van der Waals surface area contributed by atoms with Crippen molar-refractivity contribution in [3.8, 4) is 0 Å². The summed E-state index contributed by atoms with van der Waals surface area (Å²) in [5, 5.41) is 1.39. The molecule has 4 rings (SSSR count). The lowest BCUT2D eigenvalue weighted by Gasteiger charge is -2.36. The van der Waals surface area contributed by atoms with Gasteiger partial charge in [0.05, 0.1) is 5.39 Å². The zero-order chi connectivity index (χ0) is 14.2. The largest absolute Gasteiger partial charge is 0.353 e. The van der Waals surface area contributed by atoms with Gasteiger partial charge in [-0.3, -0.25) is 0 Å². The van der Waals surface area contributed by atoms with Crippen LogP contribution in [-0.2, 0) is 12.8 Å². The van der Waals surface area contributed by atoms with Crippen molar-refractivity contribution in [2.24, 2.45) is 0 Å². The third kappa shape index (κ3) is 2.24. The maximum atomic E-state index is 4.73. The Morgan fingerprint density at radius 1 is 1.19 bits per heavy atom. The minimum Gasteiger partial charge on any atom is -0.353 e. The molecule has 2 aliphatic rings. The van der Waals surface area contributed by atoms with Gasteiger partial charge in [0.15, 0.2) is 0 Å². The molecule has 1 aliphatic carbocycles. The number of thiophene rings is 1. The van der Waals surface area contributed by atoms with E-state index in [1.165, 1.54) is 67.4 Å². The summed E-state index contributed by atoms with van der Waals surface area (Å²) >= 11 is 1.91. The molecule has 1 atom stereocenters. The molecule has 1 aliphatic heterocycles. The molecule has 2 aromatic rings. The van der Waals surface area contributed by atoms with E-state index >= 15 is 0 Å². The minimum absolute atomic E-state index is 0.663. The zero-order valence-corrected chi connectivity index (χ0v) is 13.6. The van der Waals surface area contributed by atoms with Gasteiger partial charge in [-0.05, 0) is 56.9 Å². The molecule has 0 radical (unpaired) electrons. The molecule has 112 valence electrons. The number of hydrogen-bond acceptors (Lipinski definition) is 4. The third-order valence-corrected chi connectivity index (χ3v) is 6.30. The Balaban J connectivity index is 1.86. The van der Waals surface area contributed by atoms with Crippen molar-refractivity contribution in [2.45, 2.75) is 64.3 Å². The number of hydrogen-bond donors (Lipinski definition) is 0. The maximum Gasteiger partial charge on any atom is 0.141 e. The zero-order valence-electron chi connectivity index (χ0n) is 12.8. The van der Waals surface area contributed by atoms with Gasteiger partial charge in [0.25, 0.3) is 0 Å². The highest BCUT2D eigenvalue weighted by Crippen LogP contribution is 2.40. The summed E-state index contributed by atoms with van der Waals surface area (Å²) in [7, 11) is 0. The second kappa shape index (κ2) is 5.56. The maximum absolute atomic E-state index is 4.73. The smallest absolute Gasteiger partial charge is 0.141 e. The lowest BCUT2D eigenvalue weighted by Crippen LogP contribution is -2.39.